The smallest absolute Gasteiger partial charge is 0.191 e. The largest absolute Gasteiger partial charge is 0.357 e. The van der Waals surface area contributed by atoms with Crippen LogP contribution in [0.4, 0.5) is 0 Å². The predicted molar refractivity (Wildman–Crippen MR) is 108 cm³/mol. The fourth-order valence-electron chi connectivity index (χ4n) is 2.33. The molecule has 2 N–H and O–H groups in total. The Morgan fingerprint density at radius 1 is 1.24 bits per heavy atom. The highest BCUT2D eigenvalue weighted by Crippen LogP contribution is 2.17. The highest BCUT2D eigenvalue weighted by atomic mass is 32.2. The average Bonchev–Trinajstić information content (AvgIpc) is 2.91. The number of nitrogens with one attached hydrogen (secondary N) is 2. The highest BCUT2D eigenvalue weighted by molar-refractivity contribution is 7.84. The zero-order valence-electron chi connectivity index (χ0n) is 15.0. The molecule has 2 rings (SSSR count). The van der Waals surface area contributed by atoms with E-state index >= 15 is 0 Å². The SMILES string of the molecule is CCNC(=NCc1sc(C)nc1C)NCCS(=O)Cc1ccccc1. The monoisotopic (exact) mass is 378 g/mol. The molecule has 7 heteroatoms. The summed E-state index contributed by atoms with van der Waals surface area (Å²) in [5.74, 6) is 1.94. The molecule has 0 amide bonds. The number of benzene rings is 1. The van der Waals surface area contributed by atoms with Gasteiger partial charge in [0, 0.05) is 40.3 Å². The Labute approximate surface area is 156 Å². The first-order chi connectivity index (χ1) is 12.1. The molecule has 0 aliphatic carbocycles. The summed E-state index contributed by atoms with van der Waals surface area (Å²) in [7, 11) is -0.885. The molecule has 1 aromatic heterocycles. The van der Waals surface area contributed by atoms with E-state index in [0.29, 0.717) is 24.6 Å². The summed E-state index contributed by atoms with van der Waals surface area (Å²) in [6, 6.07) is 9.94. The number of nitrogens with zero attached hydrogens (tertiary/aromatic N) is 2. The molecule has 0 spiro atoms. The van der Waals surface area contributed by atoms with Crippen molar-refractivity contribution >= 4 is 28.1 Å². The van der Waals surface area contributed by atoms with Gasteiger partial charge in [0.05, 0.1) is 17.2 Å². The Hall–Kier alpha value is -1.73. The molecule has 0 aliphatic heterocycles. The Bertz CT molecular complexity index is 713. The van der Waals surface area contributed by atoms with E-state index in [1.807, 2.05) is 51.1 Å². The lowest BCUT2D eigenvalue weighted by molar-refractivity contribution is 0.680. The molecule has 0 bridgehead atoms. The lowest BCUT2D eigenvalue weighted by Crippen LogP contribution is -2.39. The summed E-state index contributed by atoms with van der Waals surface area (Å²) in [5.41, 5.74) is 2.16. The summed E-state index contributed by atoms with van der Waals surface area (Å²) in [5, 5.41) is 7.56. The van der Waals surface area contributed by atoms with Crippen LogP contribution in [0.3, 0.4) is 0 Å². The van der Waals surface area contributed by atoms with Gasteiger partial charge in [-0.3, -0.25) is 4.21 Å². The van der Waals surface area contributed by atoms with E-state index in [1.165, 1.54) is 4.88 Å². The van der Waals surface area contributed by atoms with Gasteiger partial charge >= 0.3 is 0 Å². The van der Waals surface area contributed by atoms with Crippen LogP contribution in [-0.4, -0.2) is 34.0 Å². The van der Waals surface area contributed by atoms with Crippen molar-refractivity contribution in [3.63, 3.8) is 0 Å². The Morgan fingerprint density at radius 3 is 2.64 bits per heavy atom. The van der Waals surface area contributed by atoms with Crippen LogP contribution < -0.4 is 10.6 Å². The van der Waals surface area contributed by atoms with E-state index in [4.69, 9.17) is 0 Å². The van der Waals surface area contributed by atoms with Crippen LogP contribution in [0.2, 0.25) is 0 Å². The normalized spacial score (nSPS) is 12.8. The van der Waals surface area contributed by atoms with Crippen molar-refractivity contribution in [3.8, 4) is 0 Å². The van der Waals surface area contributed by atoms with Gasteiger partial charge in [-0.25, -0.2) is 9.98 Å². The van der Waals surface area contributed by atoms with E-state index < -0.39 is 10.8 Å². The first-order valence-electron chi connectivity index (χ1n) is 8.42. The van der Waals surface area contributed by atoms with Crippen molar-refractivity contribution in [3.05, 3.63) is 51.5 Å². The fraction of sp³-hybridized carbons (Fsp3) is 0.444. The van der Waals surface area contributed by atoms with Gasteiger partial charge in [0.2, 0.25) is 0 Å². The Balaban J connectivity index is 1.81. The van der Waals surface area contributed by atoms with E-state index in [1.54, 1.807) is 11.3 Å². The topological polar surface area (TPSA) is 66.4 Å². The van der Waals surface area contributed by atoms with Crippen molar-refractivity contribution in [1.29, 1.82) is 0 Å². The van der Waals surface area contributed by atoms with Crippen molar-refractivity contribution in [2.75, 3.05) is 18.8 Å². The van der Waals surface area contributed by atoms with Crippen LogP contribution in [-0.2, 0) is 23.1 Å². The van der Waals surface area contributed by atoms with Crippen molar-refractivity contribution < 1.29 is 4.21 Å². The third-order valence-corrected chi connectivity index (χ3v) is 5.89. The van der Waals surface area contributed by atoms with Crippen molar-refractivity contribution in [1.82, 2.24) is 15.6 Å². The minimum atomic E-state index is -0.885. The molecule has 2 aromatic rings. The minimum Gasteiger partial charge on any atom is -0.357 e. The molecule has 0 radical (unpaired) electrons. The third kappa shape index (κ3) is 6.96. The van der Waals surface area contributed by atoms with Gasteiger partial charge in [-0.1, -0.05) is 30.3 Å². The van der Waals surface area contributed by atoms with Crippen LogP contribution in [0, 0.1) is 13.8 Å². The third-order valence-electron chi connectivity index (χ3n) is 3.52. The standard InChI is InChI=1S/C18H26N4OS2/c1-4-19-18(21-12-17-14(2)22-15(3)24-17)20-10-11-25(23)13-16-8-6-5-7-9-16/h5-9H,4,10-13H2,1-3H3,(H2,19,20,21). The van der Waals surface area contributed by atoms with Crippen molar-refractivity contribution in [2.24, 2.45) is 4.99 Å². The lowest BCUT2D eigenvalue weighted by Gasteiger charge is -2.11. The van der Waals surface area contributed by atoms with Crippen LogP contribution in [0.5, 0.6) is 0 Å². The fourth-order valence-corrected chi connectivity index (χ4v) is 4.23. The minimum absolute atomic E-state index is 0.593. The maximum atomic E-state index is 12.2. The van der Waals surface area contributed by atoms with E-state index in [-0.39, 0.29) is 0 Å². The number of hydrogen-bond acceptors (Lipinski definition) is 4. The molecule has 0 fully saturated rings. The zero-order chi connectivity index (χ0) is 18.1. The van der Waals surface area contributed by atoms with E-state index in [9.17, 15) is 4.21 Å². The maximum Gasteiger partial charge on any atom is 0.191 e. The molecular weight excluding hydrogens is 352 g/mol. The van der Waals surface area contributed by atoms with Crippen LogP contribution in [0.1, 0.15) is 28.1 Å². The first kappa shape index (κ1) is 19.6. The van der Waals surface area contributed by atoms with Crippen LogP contribution in [0.25, 0.3) is 0 Å². The summed E-state index contributed by atoms with van der Waals surface area (Å²) < 4.78 is 12.2. The highest BCUT2D eigenvalue weighted by Gasteiger charge is 2.06. The molecule has 136 valence electrons. The molecule has 0 aliphatic rings. The lowest BCUT2D eigenvalue weighted by atomic mass is 10.2. The summed E-state index contributed by atoms with van der Waals surface area (Å²) in [6.45, 7) is 8.09. The van der Waals surface area contributed by atoms with Gasteiger partial charge in [0.1, 0.15) is 0 Å². The van der Waals surface area contributed by atoms with E-state index in [0.717, 1.165) is 28.8 Å². The number of thiazole rings is 1. The van der Waals surface area contributed by atoms with Gasteiger partial charge in [0.25, 0.3) is 0 Å². The van der Waals surface area contributed by atoms with E-state index in [2.05, 4.69) is 20.6 Å². The molecule has 0 saturated heterocycles. The number of rotatable bonds is 8. The predicted octanol–water partition coefficient (Wildman–Crippen LogP) is 2.76. The van der Waals surface area contributed by atoms with Crippen LogP contribution in [0.15, 0.2) is 35.3 Å². The summed E-state index contributed by atoms with van der Waals surface area (Å²) in [4.78, 5) is 10.2. The van der Waals surface area contributed by atoms with Gasteiger partial charge in [-0.05, 0) is 26.3 Å². The summed E-state index contributed by atoms with van der Waals surface area (Å²) in [6.07, 6.45) is 0. The number of hydrogen-bond donors (Lipinski definition) is 2. The molecule has 0 saturated carbocycles. The molecule has 5 nitrogen and oxygen atoms in total. The first-order valence-corrected chi connectivity index (χ1v) is 10.7. The molecular formula is C18H26N4OS2. The quantitative estimate of drug-likeness (QED) is 0.548. The molecule has 1 unspecified atom stereocenters. The second-order valence-electron chi connectivity index (χ2n) is 5.64. The molecule has 1 aromatic carbocycles. The second kappa shape index (κ2) is 10.3. The molecule has 1 atom stereocenters. The zero-order valence-corrected chi connectivity index (χ0v) is 16.7. The van der Waals surface area contributed by atoms with Gasteiger partial charge < -0.3 is 10.6 Å². The second-order valence-corrected chi connectivity index (χ2v) is 8.50. The molecule has 1 heterocycles. The summed E-state index contributed by atoms with van der Waals surface area (Å²) >= 11 is 1.68. The van der Waals surface area contributed by atoms with Gasteiger partial charge in [-0.2, -0.15) is 0 Å². The van der Waals surface area contributed by atoms with Gasteiger partial charge in [0.15, 0.2) is 5.96 Å². The number of aliphatic imine (C=N–C) groups is 1. The van der Waals surface area contributed by atoms with Crippen molar-refractivity contribution in [2.45, 2.75) is 33.1 Å². The van der Waals surface area contributed by atoms with Crippen LogP contribution >= 0.6 is 11.3 Å². The number of guanidine groups is 1. The molecule has 25 heavy (non-hydrogen) atoms. The van der Waals surface area contributed by atoms with Gasteiger partial charge in [-0.15, -0.1) is 11.3 Å². The number of aryl methyl sites for hydroxylation is 2. The average molecular weight is 379 g/mol. The Kier molecular flexibility index (Phi) is 8.08. The maximum absolute atomic E-state index is 12.2. The number of aromatic nitrogens is 1. The Morgan fingerprint density at radius 2 is 2.00 bits per heavy atom.